The summed E-state index contributed by atoms with van der Waals surface area (Å²) in [5.74, 6) is 0.0141. The van der Waals surface area contributed by atoms with Gasteiger partial charge in [-0.3, -0.25) is 4.79 Å². The normalized spacial score (nSPS) is 14.2. The molecule has 0 heterocycles. The molecule has 0 aromatic heterocycles. The Labute approximate surface area is 185 Å². The summed E-state index contributed by atoms with van der Waals surface area (Å²) in [7, 11) is 2.02. The first-order valence-electron chi connectivity index (χ1n) is 10.4. The van der Waals surface area contributed by atoms with Crippen LogP contribution in [-0.2, 0) is 0 Å². The molecule has 1 N–H and O–H groups in total. The number of carbonyl (C=O) groups is 1. The summed E-state index contributed by atoms with van der Waals surface area (Å²) in [5.41, 5.74) is 1.20. The lowest BCUT2D eigenvalue weighted by atomic mass is 9.86. The van der Waals surface area contributed by atoms with E-state index in [1.807, 2.05) is 44.3 Å². The first-order valence-corrected chi connectivity index (χ1v) is 10.8. The zero-order valence-electron chi connectivity index (χ0n) is 18.3. The molecule has 2 atom stereocenters. The van der Waals surface area contributed by atoms with E-state index >= 15 is 0 Å². The van der Waals surface area contributed by atoms with Crippen LogP contribution in [0.2, 0.25) is 0 Å². The standard InChI is InChI=1S/C26H30N2OS/c1-18(2)26(4,27-24(29)21-13-7-6-8-14-21)25(30)28(5)19(3)22-17-11-15-20-12-9-10-16-23(20)22/h6-19H,1-5H3,(H,27,29)/t19-,26+/m1/s1. The summed E-state index contributed by atoms with van der Waals surface area (Å²) in [6.07, 6.45) is 0. The van der Waals surface area contributed by atoms with Gasteiger partial charge in [0.2, 0.25) is 0 Å². The van der Waals surface area contributed by atoms with Crippen molar-refractivity contribution >= 4 is 33.9 Å². The van der Waals surface area contributed by atoms with Crippen molar-refractivity contribution in [3.8, 4) is 0 Å². The first-order chi connectivity index (χ1) is 14.3. The van der Waals surface area contributed by atoms with E-state index in [1.165, 1.54) is 16.3 Å². The van der Waals surface area contributed by atoms with Crippen LogP contribution in [0.25, 0.3) is 10.8 Å². The molecule has 0 fully saturated rings. The van der Waals surface area contributed by atoms with Crippen molar-refractivity contribution in [2.75, 3.05) is 7.05 Å². The van der Waals surface area contributed by atoms with Crippen LogP contribution < -0.4 is 5.32 Å². The highest BCUT2D eigenvalue weighted by Crippen LogP contribution is 2.31. The van der Waals surface area contributed by atoms with Crippen molar-refractivity contribution in [1.82, 2.24) is 10.2 Å². The fourth-order valence-electron chi connectivity index (χ4n) is 3.71. The largest absolute Gasteiger partial charge is 0.360 e. The number of rotatable bonds is 6. The van der Waals surface area contributed by atoms with Gasteiger partial charge in [0.1, 0.15) is 4.99 Å². The summed E-state index contributed by atoms with van der Waals surface area (Å²) in [6.45, 7) is 8.36. The van der Waals surface area contributed by atoms with E-state index in [2.05, 4.69) is 73.5 Å². The molecule has 3 rings (SSSR count). The van der Waals surface area contributed by atoms with Gasteiger partial charge in [0.25, 0.3) is 5.91 Å². The maximum absolute atomic E-state index is 12.9. The maximum Gasteiger partial charge on any atom is 0.252 e. The van der Waals surface area contributed by atoms with E-state index in [1.54, 1.807) is 0 Å². The Morgan fingerprint density at radius 2 is 1.53 bits per heavy atom. The summed E-state index contributed by atoms with van der Waals surface area (Å²) in [4.78, 5) is 15.8. The molecule has 0 aliphatic heterocycles. The highest BCUT2D eigenvalue weighted by atomic mass is 32.1. The van der Waals surface area contributed by atoms with Gasteiger partial charge in [0.05, 0.1) is 11.6 Å². The van der Waals surface area contributed by atoms with E-state index in [4.69, 9.17) is 12.2 Å². The van der Waals surface area contributed by atoms with Gasteiger partial charge in [0, 0.05) is 12.6 Å². The lowest BCUT2D eigenvalue weighted by Crippen LogP contribution is -2.59. The van der Waals surface area contributed by atoms with Crippen molar-refractivity contribution in [2.45, 2.75) is 39.3 Å². The Morgan fingerprint density at radius 3 is 2.20 bits per heavy atom. The molecular formula is C26H30N2OS. The first kappa shape index (κ1) is 22.0. The van der Waals surface area contributed by atoms with Crippen LogP contribution in [0.5, 0.6) is 0 Å². The van der Waals surface area contributed by atoms with Crippen LogP contribution in [0, 0.1) is 5.92 Å². The lowest BCUT2D eigenvalue weighted by Gasteiger charge is -2.42. The minimum Gasteiger partial charge on any atom is -0.360 e. The molecule has 1 amide bonds. The zero-order valence-corrected chi connectivity index (χ0v) is 19.2. The molecule has 156 valence electrons. The predicted molar refractivity (Wildman–Crippen MR) is 130 cm³/mol. The number of carbonyl (C=O) groups excluding carboxylic acids is 1. The molecule has 30 heavy (non-hydrogen) atoms. The average molecular weight is 419 g/mol. The van der Waals surface area contributed by atoms with Gasteiger partial charge >= 0.3 is 0 Å². The molecule has 0 radical (unpaired) electrons. The number of hydrogen-bond acceptors (Lipinski definition) is 2. The number of likely N-dealkylation sites (N-methyl/N-ethyl adjacent to an activating group) is 1. The smallest absolute Gasteiger partial charge is 0.252 e. The summed E-state index contributed by atoms with van der Waals surface area (Å²) in [6, 6.07) is 24.1. The van der Waals surface area contributed by atoms with Gasteiger partial charge in [-0.25, -0.2) is 0 Å². The molecular weight excluding hydrogens is 388 g/mol. The minimum atomic E-state index is -0.657. The average Bonchev–Trinajstić information content (AvgIpc) is 2.77. The number of thiocarbonyl (C=S) groups is 1. The van der Waals surface area contributed by atoms with Crippen LogP contribution in [0.15, 0.2) is 72.8 Å². The molecule has 0 spiro atoms. The van der Waals surface area contributed by atoms with Crippen LogP contribution in [0.4, 0.5) is 0 Å². The second-order valence-corrected chi connectivity index (χ2v) is 8.72. The van der Waals surface area contributed by atoms with Gasteiger partial charge in [-0.15, -0.1) is 0 Å². The van der Waals surface area contributed by atoms with Crippen molar-refractivity contribution in [3.63, 3.8) is 0 Å². The lowest BCUT2D eigenvalue weighted by molar-refractivity contribution is 0.0908. The second kappa shape index (κ2) is 8.97. The summed E-state index contributed by atoms with van der Waals surface area (Å²) >= 11 is 5.97. The maximum atomic E-state index is 12.9. The molecule has 0 aliphatic rings. The fraction of sp³-hybridized carbons (Fsp3) is 0.308. The van der Waals surface area contributed by atoms with E-state index in [-0.39, 0.29) is 17.9 Å². The van der Waals surface area contributed by atoms with E-state index in [0.717, 1.165) is 4.99 Å². The molecule has 0 aliphatic carbocycles. The number of fused-ring (bicyclic) bond motifs is 1. The number of nitrogens with zero attached hydrogens (tertiary/aromatic N) is 1. The molecule has 0 saturated heterocycles. The Balaban J connectivity index is 1.90. The number of hydrogen-bond donors (Lipinski definition) is 1. The van der Waals surface area contributed by atoms with Gasteiger partial charge in [-0.2, -0.15) is 0 Å². The van der Waals surface area contributed by atoms with Crippen LogP contribution in [0.1, 0.15) is 49.7 Å². The number of amides is 1. The predicted octanol–water partition coefficient (Wildman–Crippen LogP) is 6.00. The van der Waals surface area contributed by atoms with E-state index in [9.17, 15) is 4.79 Å². The van der Waals surface area contributed by atoms with Crippen LogP contribution in [-0.4, -0.2) is 28.4 Å². The molecule has 0 bridgehead atoms. The van der Waals surface area contributed by atoms with Gasteiger partial charge in [-0.05, 0) is 48.2 Å². The Bertz CT molecular complexity index is 1040. The summed E-state index contributed by atoms with van der Waals surface area (Å²) < 4.78 is 0. The third-order valence-electron chi connectivity index (χ3n) is 6.18. The Hall–Kier alpha value is -2.72. The SMILES string of the molecule is CC(C)[C@](C)(NC(=O)c1ccccc1)C(=S)N(C)[C@H](C)c1cccc2ccccc12. The Kier molecular flexibility index (Phi) is 6.57. The van der Waals surface area contributed by atoms with Gasteiger partial charge in [-0.1, -0.05) is 86.7 Å². The number of benzene rings is 3. The highest BCUT2D eigenvalue weighted by Gasteiger charge is 2.38. The molecule has 0 saturated carbocycles. The van der Waals surface area contributed by atoms with Crippen LogP contribution in [0.3, 0.4) is 0 Å². The quantitative estimate of drug-likeness (QED) is 0.498. The minimum absolute atomic E-state index is 0.0651. The third-order valence-corrected chi connectivity index (χ3v) is 6.89. The van der Waals surface area contributed by atoms with Crippen molar-refractivity contribution in [3.05, 3.63) is 83.9 Å². The van der Waals surface area contributed by atoms with E-state index < -0.39 is 5.54 Å². The zero-order chi connectivity index (χ0) is 21.9. The molecule has 3 aromatic carbocycles. The topological polar surface area (TPSA) is 32.3 Å². The fourth-order valence-corrected chi connectivity index (χ4v) is 4.15. The van der Waals surface area contributed by atoms with E-state index in [0.29, 0.717) is 5.56 Å². The number of nitrogens with one attached hydrogen (secondary N) is 1. The molecule has 3 aromatic rings. The highest BCUT2D eigenvalue weighted by molar-refractivity contribution is 7.80. The van der Waals surface area contributed by atoms with Crippen molar-refractivity contribution < 1.29 is 4.79 Å². The van der Waals surface area contributed by atoms with Gasteiger partial charge < -0.3 is 10.2 Å². The van der Waals surface area contributed by atoms with Crippen LogP contribution >= 0.6 is 12.2 Å². The van der Waals surface area contributed by atoms with Crippen molar-refractivity contribution in [2.24, 2.45) is 5.92 Å². The molecule has 0 unspecified atom stereocenters. The third kappa shape index (κ3) is 4.24. The second-order valence-electron chi connectivity index (χ2n) is 8.34. The van der Waals surface area contributed by atoms with Crippen molar-refractivity contribution in [1.29, 1.82) is 0 Å². The molecule has 3 nitrogen and oxygen atoms in total. The Morgan fingerprint density at radius 1 is 0.933 bits per heavy atom. The summed E-state index contributed by atoms with van der Waals surface area (Å²) in [5, 5.41) is 5.65. The monoisotopic (exact) mass is 418 g/mol. The molecule has 4 heteroatoms. The van der Waals surface area contributed by atoms with Gasteiger partial charge in [0.15, 0.2) is 0 Å².